The maximum absolute atomic E-state index is 12.0. The molecular weight excluding hydrogens is 316 g/mol. The minimum Gasteiger partial charge on any atom is -0.497 e. The Bertz CT molecular complexity index is 499. The van der Waals surface area contributed by atoms with Gasteiger partial charge < -0.3 is 15.4 Å². The molecule has 1 aromatic carbocycles. The molecule has 1 aromatic rings. The van der Waals surface area contributed by atoms with Crippen LogP contribution in [-0.4, -0.2) is 38.4 Å². The second-order valence-corrected chi connectivity index (χ2v) is 5.67. The number of ether oxygens (including phenoxy) is 1. The minimum absolute atomic E-state index is 0. The van der Waals surface area contributed by atoms with Gasteiger partial charge >= 0.3 is 0 Å². The number of methoxy groups -OCH3 is 1. The van der Waals surface area contributed by atoms with Gasteiger partial charge in [-0.25, -0.2) is 0 Å². The van der Waals surface area contributed by atoms with Crippen molar-refractivity contribution in [2.75, 3.05) is 26.7 Å². The zero-order valence-electron chi connectivity index (χ0n) is 13.5. The summed E-state index contributed by atoms with van der Waals surface area (Å²) in [6, 6.07) is 6.96. The number of halogens is 1. The van der Waals surface area contributed by atoms with E-state index in [1.54, 1.807) is 31.4 Å². The van der Waals surface area contributed by atoms with Crippen LogP contribution in [-0.2, 0) is 4.79 Å². The van der Waals surface area contributed by atoms with Gasteiger partial charge in [-0.05, 0) is 56.1 Å². The van der Waals surface area contributed by atoms with Crippen LogP contribution >= 0.6 is 12.4 Å². The van der Waals surface area contributed by atoms with Crippen molar-refractivity contribution in [1.82, 2.24) is 10.6 Å². The fourth-order valence-corrected chi connectivity index (χ4v) is 2.59. The molecule has 1 heterocycles. The summed E-state index contributed by atoms with van der Waals surface area (Å²) in [6.07, 6.45) is 2.79. The van der Waals surface area contributed by atoms with E-state index in [0.717, 1.165) is 31.7 Å². The van der Waals surface area contributed by atoms with Gasteiger partial charge in [-0.1, -0.05) is 0 Å². The van der Waals surface area contributed by atoms with Crippen LogP contribution in [0, 0.1) is 5.92 Å². The molecule has 2 N–H and O–H groups in total. The molecule has 0 radical (unpaired) electrons. The predicted molar refractivity (Wildman–Crippen MR) is 92.4 cm³/mol. The summed E-state index contributed by atoms with van der Waals surface area (Å²) in [5.74, 6) is 1.16. The van der Waals surface area contributed by atoms with Crippen molar-refractivity contribution in [3.05, 3.63) is 29.8 Å². The third-order valence-electron chi connectivity index (χ3n) is 3.98. The molecule has 128 valence electrons. The summed E-state index contributed by atoms with van der Waals surface area (Å²) in [4.78, 5) is 23.8. The molecule has 1 saturated heterocycles. The quantitative estimate of drug-likeness (QED) is 0.747. The molecule has 0 spiro atoms. The molecule has 1 aliphatic heterocycles. The first-order valence-electron chi connectivity index (χ1n) is 7.83. The Morgan fingerprint density at radius 1 is 1.26 bits per heavy atom. The van der Waals surface area contributed by atoms with Gasteiger partial charge in [0.25, 0.3) is 0 Å². The van der Waals surface area contributed by atoms with E-state index in [1.165, 1.54) is 0 Å². The van der Waals surface area contributed by atoms with E-state index in [-0.39, 0.29) is 36.9 Å². The highest BCUT2D eigenvalue weighted by atomic mass is 35.5. The summed E-state index contributed by atoms with van der Waals surface area (Å²) < 4.78 is 5.06. The molecule has 5 nitrogen and oxygen atoms in total. The molecule has 1 aliphatic rings. The fourth-order valence-electron chi connectivity index (χ4n) is 2.59. The zero-order valence-corrected chi connectivity index (χ0v) is 14.3. The van der Waals surface area contributed by atoms with Crippen molar-refractivity contribution in [2.45, 2.75) is 25.7 Å². The number of carbonyl (C=O) groups is 2. The van der Waals surface area contributed by atoms with Gasteiger partial charge in [-0.15, -0.1) is 12.4 Å². The Labute approximate surface area is 143 Å². The first-order chi connectivity index (χ1) is 10.7. The molecule has 1 amide bonds. The summed E-state index contributed by atoms with van der Waals surface area (Å²) >= 11 is 0. The highest BCUT2D eigenvalue weighted by molar-refractivity contribution is 5.98. The van der Waals surface area contributed by atoms with E-state index in [0.29, 0.717) is 18.0 Å². The maximum Gasteiger partial charge on any atom is 0.220 e. The van der Waals surface area contributed by atoms with Gasteiger partial charge in [0.15, 0.2) is 5.78 Å². The maximum atomic E-state index is 12.0. The lowest BCUT2D eigenvalue weighted by Crippen LogP contribution is -2.38. The van der Waals surface area contributed by atoms with Gasteiger partial charge in [-0.2, -0.15) is 0 Å². The minimum atomic E-state index is -0.0487. The SMILES string of the molecule is COc1ccc(C(=O)CCC(=O)NCC2CCCNC2)cc1.Cl. The Hall–Kier alpha value is -1.59. The Morgan fingerprint density at radius 3 is 2.61 bits per heavy atom. The number of benzene rings is 1. The van der Waals surface area contributed by atoms with Crippen molar-refractivity contribution >= 4 is 24.1 Å². The molecule has 0 aliphatic carbocycles. The molecule has 0 bridgehead atoms. The van der Waals surface area contributed by atoms with E-state index in [9.17, 15) is 9.59 Å². The normalized spacial score (nSPS) is 17.0. The van der Waals surface area contributed by atoms with Crippen LogP contribution in [0.5, 0.6) is 5.75 Å². The van der Waals surface area contributed by atoms with E-state index >= 15 is 0 Å². The first kappa shape index (κ1) is 19.5. The second kappa shape index (κ2) is 10.2. The van der Waals surface area contributed by atoms with E-state index in [2.05, 4.69) is 10.6 Å². The Morgan fingerprint density at radius 2 is 2.00 bits per heavy atom. The predicted octanol–water partition coefficient (Wildman–Crippen LogP) is 2.20. The topological polar surface area (TPSA) is 67.4 Å². The average Bonchev–Trinajstić information content (AvgIpc) is 2.58. The largest absolute Gasteiger partial charge is 0.497 e. The molecule has 23 heavy (non-hydrogen) atoms. The van der Waals surface area contributed by atoms with E-state index in [1.807, 2.05) is 0 Å². The van der Waals surface area contributed by atoms with Crippen LogP contribution in [0.3, 0.4) is 0 Å². The molecule has 1 atom stereocenters. The number of hydrogen-bond donors (Lipinski definition) is 2. The van der Waals surface area contributed by atoms with Gasteiger partial charge in [0.2, 0.25) is 5.91 Å². The Kier molecular flexibility index (Phi) is 8.66. The number of piperidine rings is 1. The molecule has 6 heteroatoms. The van der Waals surface area contributed by atoms with Crippen molar-refractivity contribution in [2.24, 2.45) is 5.92 Å². The van der Waals surface area contributed by atoms with Crippen LogP contribution in [0.1, 0.15) is 36.0 Å². The van der Waals surface area contributed by atoms with Crippen molar-refractivity contribution in [3.8, 4) is 5.75 Å². The van der Waals surface area contributed by atoms with Crippen LogP contribution in [0.4, 0.5) is 0 Å². The number of hydrogen-bond acceptors (Lipinski definition) is 4. The monoisotopic (exact) mass is 340 g/mol. The third-order valence-corrected chi connectivity index (χ3v) is 3.98. The fraction of sp³-hybridized carbons (Fsp3) is 0.529. The summed E-state index contributed by atoms with van der Waals surface area (Å²) in [6.45, 7) is 2.73. The number of ketones is 1. The molecule has 0 saturated carbocycles. The second-order valence-electron chi connectivity index (χ2n) is 5.67. The van der Waals surface area contributed by atoms with Crippen molar-refractivity contribution < 1.29 is 14.3 Å². The third kappa shape index (κ3) is 6.59. The molecule has 1 unspecified atom stereocenters. The Balaban J connectivity index is 0.00000264. The first-order valence-corrected chi connectivity index (χ1v) is 7.83. The highest BCUT2D eigenvalue weighted by Gasteiger charge is 2.14. The lowest BCUT2D eigenvalue weighted by Gasteiger charge is -2.22. The summed E-state index contributed by atoms with van der Waals surface area (Å²) in [5, 5.41) is 6.25. The summed E-state index contributed by atoms with van der Waals surface area (Å²) in [5.41, 5.74) is 0.616. The lowest BCUT2D eigenvalue weighted by atomic mass is 9.99. The molecule has 0 aromatic heterocycles. The van der Waals surface area contributed by atoms with Crippen LogP contribution in [0.15, 0.2) is 24.3 Å². The smallest absolute Gasteiger partial charge is 0.220 e. The van der Waals surface area contributed by atoms with Gasteiger partial charge in [-0.3, -0.25) is 9.59 Å². The van der Waals surface area contributed by atoms with Gasteiger partial charge in [0.1, 0.15) is 5.75 Å². The molecule has 1 fully saturated rings. The van der Waals surface area contributed by atoms with Gasteiger partial charge in [0.05, 0.1) is 7.11 Å². The van der Waals surface area contributed by atoms with Crippen LogP contribution in [0.2, 0.25) is 0 Å². The van der Waals surface area contributed by atoms with Gasteiger partial charge in [0, 0.05) is 24.9 Å². The van der Waals surface area contributed by atoms with Crippen LogP contribution in [0.25, 0.3) is 0 Å². The number of rotatable bonds is 7. The standard InChI is InChI=1S/C17H24N2O3.ClH/c1-22-15-6-4-14(5-7-15)16(20)8-9-17(21)19-12-13-3-2-10-18-11-13;/h4-7,13,18H,2-3,8-12H2,1H3,(H,19,21);1H. The molecular formula is C17H25ClN2O3. The lowest BCUT2D eigenvalue weighted by molar-refractivity contribution is -0.121. The number of carbonyl (C=O) groups excluding carboxylic acids is 2. The highest BCUT2D eigenvalue weighted by Crippen LogP contribution is 2.13. The van der Waals surface area contributed by atoms with Crippen LogP contribution < -0.4 is 15.4 Å². The van der Waals surface area contributed by atoms with Crippen molar-refractivity contribution in [3.63, 3.8) is 0 Å². The molecule has 2 rings (SSSR count). The average molecular weight is 341 g/mol. The number of amides is 1. The zero-order chi connectivity index (χ0) is 15.8. The summed E-state index contributed by atoms with van der Waals surface area (Å²) in [7, 11) is 1.59. The van der Waals surface area contributed by atoms with E-state index < -0.39 is 0 Å². The number of Topliss-reactive ketones (excluding diaryl/α,β-unsaturated/α-hetero) is 1. The number of nitrogens with one attached hydrogen (secondary N) is 2. The van der Waals surface area contributed by atoms with Crippen molar-refractivity contribution in [1.29, 1.82) is 0 Å². The van der Waals surface area contributed by atoms with E-state index in [4.69, 9.17) is 4.74 Å².